The average molecular weight is 417 g/mol. The third-order valence-corrected chi connectivity index (χ3v) is 4.69. The Hall–Kier alpha value is -3.63. The van der Waals surface area contributed by atoms with Gasteiger partial charge in [0.1, 0.15) is 12.4 Å². The SMILES string of the molecule is COc1c(Nc2ccc(CC(=O)O)nc2C)ncnc1OC1CCN(C(=O)O)CC1. The van der Waals surface area contributed by atoms with E-state index in [1.165, 1.54) is 18.3 Å². The number of hydrogen-bond donors (Lipinski definition) is 3. The molecule has 3 heterocycles. The van der Waals surface area contributed by atoms with Gasteiger partial charge in [0, 0.05) is 25.9 Å². The van der Waals surface area contributed by atoms with Gasteiger partial charge in [-0.25, -0.2) is 9.78 Å². The summed E-state index contributed by atoms with van der Waals surface area (Å²) in [5.74, 6) is 0.00137. The van der Waals surface area contributed by atoms with Gasteiger partial charge in [-0.15, -0.1) is 0 Å². The molecule has 0 aromatic carbocycles. The Morgan fingerprint density at radius 2 is 1.97 bits per heavy atom. The lowest BCUT2D eigenvalue weighted by atomic mass is 10.1. The monoisotopic (exact) mass is 417 g/mol. The zero-order valence-electron chi connectivity index (χ0n) is 16.7. The van der Waals surface area contributed by atoms with Gasteiger partial charge >= 0.3 is 12.1 Å². The average Bonchev–Trinajstić information content (AvgIpc) is 2.70. The lowest BCUT2D eigenvalue weighted by Crippen LogP contribution is -2.41. The summed E-state index contributed by atoms with van der Waals surface area (Å²) < 4.78 is 11.4. The molecule has 11 heteroatoms. The third-order valence-electron chi connectivity index (χ3n) is 4.69. The number of aryl methyl sites for hydroxylation is 1. The van der Waals surface area contributed by atoms with E-state index in [2.05, 4.69) is 20.3 Å². The van der Waals surface area contributed by atoms with E-state index in [0.29, 0.717) is 54.6 Å². The lowest BCUT2D eigenvalue weighted by molar-refractivity contribution is -0.136. The van der Waals surface area contributed by atoms with Gasteiger partial charge in [0.05, 0.1) is 30.6 Å². The second-order valence-corrected chi connectivity index (χ2v) is 6.78. The second kappa shape index (κ2) is 9.25. The summed E-state index contributed by atoms with van der Waals surface area (Å²) in [5, 5.41) is 21.1. The molecule has 160 valence electrons. The van der Waals surface area contributed by atoms with Crippen molar-refractivity contribution < 1.29 is 29.3 Å². The highest BCUT2D eigenvalue weighted by molar-refractivity contribution is 5.70. The maximum absolute atomic E-state index is 11.0. The predicted molar refractivity (Wildman–Crippen MR) is 105 cm³/mol. The standard InChI is InChI=1S/C19H23N5O6/c1-11-14(4-3-12(22-11)9-15(25)26)23-17-16(29-2)18(21-10-20-17)30-13-5-7-24(8-6-13)19(27)28/h3-4,10,13H,5-9H2,1-2H3,(H,25,26)(H,27,28)(H,20,21,23). The number of pyridine rings is 1. The molecule has 2 aromatic rings. The molecular formula is C19H23N5O6. The molecule has 30 heavy (non-hydrogen) atoms. The van der Waals surface area contributed by atoms with Gasteiger partial charge in [-0.3, -0.25) is 9.78 Å². The summed E-state index contributed by atoms with van der Waals surface area (Å²) in [6, 6.07) is 3.36. The Morgan fingerprint density at radius 1 is 1.23 bits per heavy atom. The van der Waals surface area contributed by atoms with Crippen LogP contribution in [0.1, 0.15) is 24.2 Å². The van der Waals surface area contributed by atoms with Crippen LogP contribution in [0.3, 0.4) is 0 Å². The fraction of sp³-hybridized carbons (Fsp3) is 0.421. The molecule has 0 saturated carbocycles. The van der Waals surface area contributed by atoms with Gasteiger partial charge in [0.2, 0.25) is 5.75 Å². The zero-order chi connectivity index (χ0) is 21.7. The molecule has 0 atom stereocenters. The molecule has 0 radical (unpaired) electrons. The molecule has 2 aromatic heterocycles. The molecule has 11 nitrogen and oxygen atoms in total. The Kier molecular flexibility index (Phi) is 6.50. The van der Waals surface area contributed by atoms with Crippen molar-refractivity contribution in [3.05, 3.63) is 29.8 Å². The first-order chi connectivity index (χ1) is 14.4. The number of nitrogens with zero attached hydrogens (tertiary/aromatic N) is 4. The zero-order valence-corrected chi connectivity index (χ0v) is 16.7. The number of aliphatic carboxylic acids is 1. The molecule has 0 bridgehead atoms. The molecule has 1 aliphatic heterocycles. The molecule has 1 amide bonds. The van der Waals surface area contributed by atoms with E-state index in [1.54, 1.807) is 19.1 Å². The van der Waals surface area contributed by atoms with Crippen molar-refractivity contribution in [2.75, 3.05) is 25.5 Å². The van der Waals surface area contributed by atoms with Crippen LogP contribution in [0.5, 0.6) is 11.6 Å². The van der Waals surface area contributed by atoms with E-state index in [9.17, 15) is 9.59 Å². The molecule has 0 aliphatic carbocycles. The van der Waals surface area contributed by atoms with Crippen molar-refractivity contribution in [2.45, 2.75) is 32.3 Å². The number of ether oxygens (including phenoxy) is 2. The number of piperidine rings is 1. The lowest BCUT2D eigenvalue weighted by Gasteiger charge is -2.30. The van der Waals surface area contributed by atoms with E-state index in [-0.39, 0.29) is 18.4 Å². The molecule has 1 saturated heterocycles. The van der Waals surface area contributed by atoms with Crippen molar-refractivity contribution in [3.8, 4) is 11.6 Å². The molecule has 0 spiro atoms. The first-order valence-corrected chi connectivity index (χ1v) is 9.36. The highest BCUT2D eigenvalue weighted by atomic mass is 16.5. The highest BCUT2D eigenvalue weighted by Crippen LogP contribution is 2.35. The van der Waals surface area contributed by atoms with Crippen LogP contribution in [0.2, 0.25) is 0 Å². The van der Waals surface area contributed by atoms with Gasteiger partial charge in [-0.05, 0) is 19.1 Å². The topological polar surface area (TPSA) is 147 Å². The highest BCUT2D eigenvalue weighted by Gasteiger charge is 2.25. The molecule has 3 rings (SSSR count). The fourth-order valence-electron chi connectivity index (χ4n) is 3.16. The number of carbonyl (C=O) groups is 2. The Morgan fingerprint density at radius 3 is 2.57 bits per heavy atom. The smallest absolute Gasteiger partial charge is 0.407 e. The first kappa shape index (κ1) is 21.1. The normalized spacial score (nSPS) is 14.3. The van der Waals surface area contributed by atoms with Crippen molar-refractivity contribution >= 4 is 23.6 Å². The van der Waals surface area contributed by atoms with Crippen LogP contribution in [0.25, 0.3) is 0 Å². The predicted octanol–water partition coefficient (Wildman–Crippen LogP) is 2.08. The molecule has 1 aliphatic rings. The summed E-state index contributed by atoms with van der Waals surface area (Å²) in [5.41, 5.74) is 1.71. The Bertz CT molecular complexity index is 930. The van der Waals surface area contributed by atoms with Gasteiger partial charge in [0.25, 0.3) is 5.88 Å². The second-order valence-electron chi connectivity index (χ2n) is 6.78. The van der Waals surface area contributed by atoms with Gasteiger partial charge < -0.3 is 29.9 Å². The maximum Gasteiger partial charge on any atom is 0.407 e. The molecule has 3 N–H and O–H groups in total. The summed E-state index contributed by atoms with van der Waals surface area (Å²) >= 11 is 0. The number of methoxy groups -OCH3 is 1. The summed E-state index contributed by atoms with van der Waals surface area (Å²) in [6.45, 7) is 2.55. The van der Waals surface area contributed by atoms with E-state index in [4.69, 9.17) is 19.7 Å². The van der Waals surface area contributed by atoms with Crippen molar-refractivity contribution in [2.24, 2.45) is 0 Å². The van der Waals surface area contributed by atoms with Crippen molar-refractivity contribution in [3.63, 3.8) is 0 Å². The third kappa shape index (κ3) is 5.04. The van der Waals surface area contributed by atoms with Crippen LogP contribution in [-0.2, 0) is 11.2 Å². The molecule has 1 fully saturated rings. The van der Waals surface area contributed by atoms with Crippen LogP contribution < -0.4 is 14.8 Å². The Balaban J connectivity index is 1.74. The Labute approximate surface area is 172 Å². The van der Waals surface area contributed by atoms with Crippen LogP contribution >= 0.6 is 0 Å². The molecular weight excluding hydrogens is 394 g/mol. The van der Waals surface area contributed by atoms with Crippen LogP contribution in [0.4, 0.5) is 16.3 Å². The van der Waals surface area contributed by atoms with E-state index in [1.807, 2.05) is 0 Å². The number of aromatic nitrogens is 3. The summed E-state index contributed by atoms with van der Waals surface area (Å²) in [7, 11) is 1.48. The van der Waals surface area contributed by atoms with Crippen molar-refractivity contribution in [1.82, 2.24) is 19.9 Å². The van der Waals surface area contributed by atoms with Gasteiger partial charge in [-0.2, -0.15) is 4.98 Å². The van der Waals surface area contributed by atoms with Crippen LogP contribution in [0, 0.1) is 6.92 Å². The number of carboxylic acid groups (broad SMARTS) is 2. The van der Waals surface area contributed by atoms with Gasteiger partial charge in [-0.1, -0.05) is 0 Å². The summed E-state index contributed by atoms with van der Waals surface area (Å²) in [6.07, 6.45) is 1.17. The number of nitrogens with one attached hydrogen (secondary N) is 1. The minimum atomic E-state index is -0.948. The maximum atomic E-state index is 11.0. The molecule has 0 unspecified atom stereocenters. The number of carboxylic acids is 1. The number of amides is 1. The number of hydrogen-bond acceptors (Lipinski definition) is 8. The number of anilines is 2. The number of likely N-dealkylation sites (tertiary alicyclic amines) is 1. The number of rotatable bonds is 7. The van der Waals surface area contributed by atoms with E-state index in [0.717, 1.165) is 0 Å². The van der Waals surface area contributed by atoms with Crippen LogP contribution in [-0.4, -0.2) is 68.4 Å². The van der Waals surface area contributed by atoms with E-state index >= 15 is 0 Å². The fourth-order valence-corrected chi connectivity index (χ4v) is 3.16. The van der Waals surface area contributed by atoms with Crippen molar-refractivity contribution in [1.29, 1.82) is 0 Å². The minimum absolute atomic E-state index is 0.156. The first-order valence-electron chi connectivity index (χ1n) is 9.36. The van der Waals surface area contributed by atoms with E-state index < -0.39 is 12.1 Å². The van der Waals surface area contributed by atoms with Crippen LogP contribution in [0.15, 0.2) is 18.5 Å². The quantitative estimate of drug-likeness (QED) is 0.611. The minimum Gasteiger partial charge on any atom is -0.489 e. The van der Waals surface area contributed by atoms with Gasteiger partial charge in [0.15, 0.2) is 5.82 Å². The summed E-state index contributed by atoms with van der Waals surface area (Å²) in [4.78, 5) is 35.9. The largest absolute Gasteiger partial charge is 0.489 e.